The van der Waals surface area contributed by atoms with Crippen LogP contribution in [0.15, 0.2) is 0 Å². The largest absolute Gasteiger partial charge is 0.537 e. The molecule has 0 aliphatic heterocycles. The SMILES string of the molecule is N=[N+](SN)C(=O)C(=O)[O-]. The lowest BCUT2D eigenvalue weighted by Crippen LogP contribution is -2.36. The number of rotatable bonds is 1. The Morgan fingerprint density at radius 1 is 1.67 bits per heavy atom. The van der Waals surface area contributed by atoms with Gasteiger partial charge < -0.3 is 9.90 Å². The van der Waals surface area contributed by atoms with Crippen molar-refractivity contribution >= 4 is 24.0 Å². The fraction of sp³-hybridized carbons (Fsp3) is 0. The second kappa shape index (κ2) is 3.15. The highest BCUT2D eigenvalue weighted by atomic mass is 32.2. The van der Waals surface area contributed by atoms with Crippen molar-refractivity contribution in [1.82, 2.24) is 0 Å². The summed E-state index contributed by atoms with van der Waals surface area (Å²) in [6, 6.07) is 0. The first-order chi connectivity index (χ1) is 4.09. The van der Waals surface area contributed by atoms with E-state index in [1.807, 2.05) is 0 Å². The highest BCUT2D eigenvalue weighted by Crippen LogP contribution is 1.87. The number of carbonyl (C=O) groups is 2. The zero-order valence-electron chi connectivity index (χ0n) is 4.16. The van der Waals surface area contributed by atoms with Gasteiger partial charge in [0.05, 0.1) is 0 Å². The molecule has 0 aromatic heterocycles. The van der Waals surface area contributed by atoms with Crippen LogP contribution in [-0.2, 0) is 9.59 Å². The highest BCUT2D eigenvalue weighted by molar-refractivity contribution is 7.91. The number of carboxylic acid groups (broad SMARTS) is 1. The van der Waals surface area contributed by atoms with Crippen LogP contribution in [-0.4, -0.2) is 16.0 Å². The molecule has 0 saturated heterocycles. The van der Waals surface area contributed by atoms with Gasteiger partial charge >= 0.3 is 5.91 Å². The Labute approximate surface area is 54.4 Å². The number of nitrogens with zero attached hydrogens (tertiary/aromatic N) is 1. The van der Waals surface area contributed by atoms with Crippen molar-refractivity contribution in [2.45, 2.75) is 0 Å². The summed E-state index contributed by atoms with van der Waals surface area (Å²) in [7, 11) is 0. The van der Waals surface area contributed by atoms with Gasteiger partial charge in [-0.1, -0.05) is 0 Å². The minimum Gasteiger partial charge on any atom is -0.537 e. The van der Waals surface area contributed by atoms with Crippen LogP contribution < -0.4 is 10.2 Å². The molecule has 0 aromatic rings. The van der Waals surface area contributed by atoms with Crippen molar-refractivity contribution in [3.8, 4) is 0 Å². The number of hydrogen-bond acceptors (Lipinski definition) is 6. The molecule has 6 nitrogen and oxygen atoms in total. The normalized spacial score (nSPS) is 8.56. The molecular formula is C2H3N3O3S. The molecule has 1 amide bonds. The lowest BCUT2D eigenvalue weighted by Gasteiger charge is -1.88. The van der Waals surface area contributed by atoms with Crippen LogP contribution in [0.3, 0.4) is 0 Å². The number of hydrogen-bond donors (Lipinski definition) is 2. The molecule has 9 heavy (non-hydrogen) atoms. The van der Waals surface area contributed by atoms with E-state index in [9.17, 15) is 14.7 Å². The molecule has 0 bridgehead atoms. The van der Waals surface area contributed by atoms with E-state index in [1.54, 1.807) is 0 Å². The van der Waals surface area contributed by atoms with E-state index >= 15 is 0 Å². The third-order valence-corrected chi connectivity index (χ3v) is 0.841. The van der Waals surface area contributed by atoms with Crippen molar-refractivity contribution in [3.05, 3.63) is 0 Å². The smallest absolute Gasteiger partial charge is 0.473 e. The Bertz CT molecular complexity index is 166. The van der Waals surface area contributed by atoms with Gasteiger partial charge in [0.2, 0.25) is 0 Å². The first-order valence-corrected chi connectivity index (χ1v) is 2.56. The summed E-state index contributed by atoms with van der Waals surface area (Å²) in [6.45, 7) is 0. The van der Waals surface area contributed by atoms with Crippen molar-refractivity contribution in [2.24, 2.45) is 5.14 Å². The fourth-order valence-corrected chi connectivity index (χ4v) is 0.301. The molecule has 7 heteroatoms. The van der Waals surface area contributed by atoms with E-state index in [4.69, 9.17) is 5.53 Å². The molecule has 0 radical (unpaired) electrons. The molecule has 50 valence electrons. The summed E-state index contributed by atoms with van der Waals surface area (Å²) in [6.07, 6.45) is 0. The van der Waals surface area contributed by atoms with Gasteiger partial charge in [0.1, 0.15) is 0 Å². The number of aliphatic carboxylic acids is 1. The number of carbonyl (C=O) groups excluding carboxylic acids is 2. The molecule has 0 spiro atoms. The minimum absolute atomic E-state index is 0.00926. The maximum atomic E-state index is 10.0. The average Bonchev–Trinajstić information content (AvgIpc) is 1.84. The zero-order chi connectivity index (χ0) is 7.44. The van der Waals surface area contributed by atoms with Crippen LogP contribution in [0.5, 0.6) is 0 Å². The second-order valence-electron chi connectivity index (χ2n) is 0.992. The number of nitrogens with two attached hydrogens (primary N) is 1. The molecule has 0 aliphatic rings. The van der Waals surface area contributed by atoms with Crippen LogP contribution in [0, 0.1) is 5.53 Å². The first kappa shape index (κ1) is 8.05. The Balaban J connectivity index is 4.05. The third kappa shape index (κ3) is 2.20. The highest BCUT2D eigenvalue weighted by Gasteiger charge is 2.19. The molecule has 0 rings (SSSR count). The molecule has 0 atom stereocenters. The Kier molecular flexibility index (Phi) is 2.82. The Morgan fingerprint density at radius 2 is 2.11 bits per heavy atom. The van der Waals surface area contributed by atoms with Gasteiger partial charge in [-0.05, 0) is 5.53 Å². The van der Waals surface area contributed by atoms with E-state index in [-0.39, 0.29) is 16.2 Å². The molecule has 0 saturated carbocycles. The lowest BCUT2D eigenvalue weighted by atomic mass is 10.7. The number of amides is 1. The predicted octanol–water partition coefficient (Wildman–Crippen LogP) is -2.17. The maximum Gasteiger partial charge on any atom is 0.473 e. The number of carboxylic acids is 1. The molecule has 3 N–H and O–H groups in total. The fourth-order valence-electron chi connectivity index (χ4n) is 0.131. The predicted molar refractivity (Wildman–Crippen MR) is 24.8 cm³/mol. The van der Waals surface area contributed by atoms with Gasteiger partial charge in [-0.2, -0.15) is 0 Å². The summed E-state index contributed by atoms with van der Waals surface area (Å²) in [5.41, 5.74) is 6.46. The molecule has 0 heterocycles. The van der Waals surface area contributed by atoms with Crippen LogP contribution >= 0.6 is 12.1 Å². The van der Waals surface area contributed by atoms with Crippen molar-refractivity contribution in [2.75, 3.05) is 0 Å². The summed E-state index contributed by atoms with van der Waals surface area (Å²) in [5, 5.41) is 14.3. The summed E-state index contributed by atoms with van der Waals surface area (Å²) >= 11 is 0.191. The van der Waals surface area contributed by atoms with Crippen LogP contribution in [0.2, 0.25) is 0 Å². The molecule has 0 aliphatic carbocycles. The van der Waals surface area contributed by atoms with E-state index in [0.29, 0.717) is 0 Å². The summed E-state index contributed by atoms with van der Waals surface area (Å²) < 4.78 is 0.00926. The summed E-state index contributed by atoms with van der Waals surface area (Å²) in [5.74, 6) is -3.41. The van der Waals surface area contributed by atoms with Crippen molar-refractivity contribution < 1.29 is 18.8 Å². The van der Waals surface area contributed by atoms with Gasteiger partial charge in [0.25, 0.3) is 12.1 Å². The van der Waals surface area contributed by atoms with Crippen LogP contribution in [0.1, 0.15) is 0 Å². The van der Waals surface area contributed by atoms with E-state index in [1.165, 1.54) is 0 Å². The monoisotopic (exact) mass is 149 g/mol. The average molecular weight is 149 g/mol. The van der Waals surface area contributed by atoms with Gasteiger partial charge in [-0.3, -0.25) is 0 Å². The Hall–Kier alpha value is -0.950. The second-order valence-corrected chi connectivity index (χ2v) is 1.57. The Morgan fingerprint density at radius 3 is 2.22 bits per heavy atom. The van der Waals surface area contributed by atoms with E-state index in [2.05, 4.69) is 5.14 Å². The molecule has 0 fully saturated rings. The third-order valence-electron chi connectivity index (χ3n) is 0.464. The lowest BCUT2D eigenvalue weighted by molar-refractivity contribution is -0.391. The molecule has 0 unspecified atom stereocenters. The van der Waals surface area contributed by atoms with E-state index < -0.39 is 11.9 Å². The van der Waals surface area contributed by atoms with Crippen LogP contribution in [0.25, 0.3) is 0 Å². The molecule has 0 aromatic carbocycles. The van der Waals surface area contributed by atoms with Gasteiger partial charge in [-0.25, -0.2) is 9.93 Å². The van der Waals surface area contributed by atoms with Crippen molar-refractivity contribution in [1.29, 1.82) is 5.53 Å². The molecular weight excluding hydrogens is 146 g/mol. The quantitative estimate of drug-likeness (QED) is 0.191. The standard InChI is InChI=1S/C2H3N3O3S/c3-5(9-4)1(6)2(7)8/h3H,4H2. The van der Waals surface area contributed by atoms with Gasteiger partial charge in [0, 0.05) is 4.10 Å². The van der Waals surface area contributed by atoms with E-state index in [0.717, 1.165) is 0 Å². The minimum atomic E-state index is -1.94. The zero-order valence-corrected chi connectivity index (χ0v) is 4.97. The topological polar surface area (TPSA) is 110 Å². The van der Waals surface area contributed by atoms with Crippen LogP contribution in [0.4, 0.5) is 0 Å². The summed E-state index contributed by atoms with van der Waals surface area (Å²) in [4.78, 5) is 19.7. The maximum absolute atomic E-state index is 10.0. The van der Waals surface area contributed by atoms with Gasteiger partial charge in [0.15, 0.2) is 5.97 Å². The van der Waals surface area contributed by atoms with Gasteiger partial charge in [-0.15, -0.1) is 0 Å². The van der Waals surface area contributed by atoms with Crippen molar-refractivity contribution in [3.63, 3.8) is 0 Å². The number of nitrogens with one attached hydrogen (secondary N) is 1. The first-order valence-electron chi connectivity index (χ1n) is 1.73.